The molecule has 0 bridgehead atoms. The van der Waals surface area contributed by atoms with Crippen molar-refractivity contribution in [2.45, 2.75) is 58.5 Å². The van der Waals surface area contributed by atoms with Crippen molar-refractivity contribution in [3.8, 4) is 6.07 Å². The Balaban J connectivity index is 2.52. The van der Waals surface area contributed by atoms with Gasteiger partial charge in [-0.1, -0.05) is 6.92 Å². The van der Waals surface area contributed by atoms with E-state index in [1.54, 1.807) is 0 Å². The molecule has 1 atom stereocenters. The second-order valence-electron chi connectivity index (χ2n) is 5.84. The normalized spacial score (nSPS) is 19.4. The van der Waals surface area contributed by atoms with E-state index < -0.39 is 5.54 Å². The van der Waals surface area contributed by atoms with Crippen LogP contribution in [0.5, 0.6) is 0 Å². The molecule has 1 N–H and O–H groups in total. The lowest BCUT2D eigenvalue weighted by molar-refractivity contribution is 0.172. The number of nitrogens with one attached hydrogen (secondary N) is 1. The molecule has 1 aliphatic rings. The molecule has 1 fully saturated rings. The fourth-order valence-electron chi connectivity index (χ4n) is 2.03. The maximum absolute atomic E-state index is 9.35. The van der Waals surface area contributed by atoms with Crippen LogP contribution in [0.4, 0.5) is 0 Å². The third-order valence-corrected chi connectivity index (χ3v) is 3.45. The predicted molar refractivity (Wildman–Crippen MR) is 71.7 cm³/mol. The highest BCUT2D eigenvalue weighted by Gasteiger charge is 2.31. The Morgan fingerprint density at radius 3 is 2.53 bits per heavy atom. The van der Waals surface area contributed by atoms with Crippen molar-refractivity contribution in [2.75, 3.05) is 19.6 Å². The quantitative estimate of drug-likeness (QED) is 0.704. The van der Waals surface area contributed by atoms with Gasteiger partial charge in [0.2, 0.25) is 0 Å². The van der Waals surface area contributed by atoms with E-state index in [9.17, 15) is 5.26 Å². The van der Waals surface area contributed by atoms with Crippen molar-refractivity contribution in [2.24, 2.45) is 5.92 Å². The lowest BCUT2D eigenvalue weighted by Gasteiger charge is -2.34. The van der Waals surface area contributed by atoms with Crippen LogP contribution in [-0.2, 0) is 0 Å². The molecule has 98 valence electrons. The molecule has 0 spiro atoms. The van der Waals surface area contributed by atoms with Gasteiger partial charge in [-0.2, -0.15) is 5.26 Å². The molecule has 1 unspecified atom stereocenters. The first kappa shape index (κ1) is 14.5. The van der Waals surface area contributed by atoms with Crippen LogP contribution in [-0.4, -0.2) is 36.1 Å². The fourth-order valence-corrected chi connectivity index (χ4v) is 2.03. The van der Waals surface area contributed by atoms with Gasteiger partial charge in [0.1, 0.15) is 5.54 Å². The summed E-state index contributed by atoms with van der Waals surface area (Å²) in [6, 6.07) is 2.96. The van der Waals surface area contributed by atoms with Crippen LogP contribution in [0, 0.1) is 17.2 Å². The van der Waals surface area contributed by atoms with Gasteiger partial charge >= 0.3 is 0 Å². The Morgan fingerprint density at radius 1 is 1.47 bits per heavy atom. The lowest BCUT2D eigenvalue weighted by atomic mass is 10.0. The van der Waals surface area contributed by atoms with Crippen molar-refractivity contribution in [1.29, 1.82) is 5.26 Å². The molecule has 1 rings (SSSR count). The van der Waals surface area contributed by atoms with Gasteiger partial charge in [-0.25, -0.2) is 0 Å². The highest BCUT2D eigenvalue weighted by atomic mass is 15.2. The molecule has 3 heteroatoms. The molecule has 0 amide bonds. The largest absolute Gasteiger partial charge is 0.299 e. The SMILES string of the molecule is CCCNC(C)(C#N)CN(CC1CC1)C(C)C. The monoisotopic (exact) mass is 237 g/mol. The summed E-state index contributed by atoms with van der Waals surface area (Å²) in [5.41, 5.74) is -0.408. The third-order valence-electron chi connectivity index (χ3n) is 3.45. The van der Waals surface area contributed by atoms with Crippen LogP contribution in [0.25, 0.3) is 0 Å². The standard InChI is InChI=1S/C14H27N3/c1-5-8-16-14(4,10-15)11-17(12(2)3)9-13-6-7-13/h12-13,16H,5-9,11H2,1-4H3. The summed E-state index contributed by atoms with van der Waals surface area (Å²) < 4.78 is 0. The van der Waals surface area contributed by atoms with Crippen LogP contribution in [0.1, 0.15) is 47.0 Å². The van der Waals surface area contributed by atoms with Crippen LogP contribution in [0.3, 0.4) is 0 Å². The summed E-state index contributed by atoms with van der Waals surface area (Å²) in [5.74, 6) is 0.881. The summed E-state index contributed by atoms with van der Waals surface area (Å²) in [7, 11) is 0. The first-order valence-corrected chi connectivity index (χ1v) is 6.91. The fraction of sp³-hybridized carbons (Fsp3) is 0.929. The Kier molecular flexibility index (Phi) is 5.42. The molecular weight excluding hydrogens is 210 g/mol. The molecular formula is C14H27N3. The maximum Gasteiger partial charge on any atom is 0.116 e. The van der Waals surface area contributed by atoms with Gasteiger partial charge in [-0.15, -0.1) is 0 Å². The smallest absolute Gasteiger partial charge is 0.116 e. The third kappa shape index (κ3) is 5.06. The number of hydrogen-bond acceptors (Lipinski definition) is 3. The summed E-state index contributed by atoms with van der Waals surface area (Å²) in [6.07, 6.45) is 3.81. The number of nitriles is 1. The summed E-state index contributed by atoms with van der Waals surface area (Å²) >= 11 is 0. The predicted octanol–water partition coefficient (Wildman–Crippen LogP) is 2.39. The minimum atomic E-state index is -0.408. The highest BCUT2D eigenvalue weighted by molar-refractivity contribution is 5.06. The minimum absolute atomic E-state index is 0.408. The van der Waals surface area contributed by atoms with E-state index in [4.69, 9.17) is 0 Å². The molecule has 0 aromatic heterocycles. The van der Waals surface area contributed by atoms with Crippen molar-refractivity contribution in [3.63, 3.8) is 0 Å². The molecule has 1 aliphatic carbocycles. The zero-order valence-electron chi connectivity index (χ0n) is 11.8. The van der Waals surface area contributed by atoms with Crippen molar-refractivity contribution < 1.29 is 0 Å². The van der Waals surface area contributed by atoms with Crippen molar-refractivity contribution in [3.05, 3.63) is 0 Å². The Morgan fingerprint density at radius 2 is 2.12 bits per heavy atom. The Hall–Kier alpha value is -0.590. The topological polar surface area (TPSA) is 39.1 Å². The Bertz CT molecular complexity index is 265. The maximum atomic E-state index is 9.35. The van der Waals surface area contributed by atoms with Crippen LogP contribution in [0.2, 0.25) is 0 Å². The summed E-state index contributed by atoms with van der Waals surface area (Å²) in [6.45, 7) is 11.5. The van der Waals surface area contributed by atoms with Gasteiger partial charge in [0.25, 0.3) is 0 Å². The second-order valence-corrected chi connectivity index (χ2v) is 5.84. The van der Waals surface area contributed by atoms with E-state index in [0.29, 0.717) is 6.04 Å². The van der Waals surface area contributed by atoms with Crippen LogP contribution >= 0.6 is 0 Å². The van der Waals surface area contributed by atoms with Crippen LogP contribution in [0.15, 0.2) is 0 Å². The molecule has 0 aliphatic heterocycles. The van der Waals surface area contributed by atoms with Gasteiger partial charge in [0, 0.05) is 19.1 Å². The number of rotatable bonds is 8. The zero-order valence-corrected chi connectivity index (χ0v) is 11.8. The molecule has 0 heterocycles. The lowest BCUT2D eigenvalue weighted by Crippen LogP contribution is -2.52. The Labute approximate surface area is 106 Å². The molecule has 1 saturated carbocycles. The first-order valence-electron chi connectivity index (χ1n) is 6.91. The van der Waals surface area contributed by atoms with Crippen molar-refractivity contribution in [1.82, 2.24) is 10.2 Å². The average molecular weight is 237 g/mol. The summed E-state index contributed by atoms with van der Waals surface area (Å²) in [4.78, 5) is 2.45. The van der Waals surface area contributed by atoms with E-state index >= 15 is 0 Å². The average Bonchev–Trinajstić information content (AvgIpc) is 3.09. The number of hydrogen-bond donors (Lipinski definition) is 1. The first-order chi connectivity index (χ1) is 8.00. The molecule has 0 saturated heterocycles. The van der Waals surface area contributed by atoms with E-state index in [1.807, 2.05) is 6.92 Å². The molecule has 0 aromatic carbocycles. The highest BCUT2D eigenvalue weighted by Crippen LogP contribution is 2.30. The van der Waals surface area contributed by atoms with Gasteiger partial charge in [-0.05, 0) is 52.5 Å². The molecule has 17 heavy (non-hydrogen) atoms. The van der Waals surface area contributed by atoms with Crippen LogP contribution < -0.4 is 5.32 Å². The zero-order chi connectivity index (χ0) is 12.9. The molecule has 0 aromatic rings. The van der Waals surface area contributed by atoms with E-state index in [-0.39, 0.29) is 0 Å². The van der Waals surface area contributed by atoms with Gasteiger partial charge < -0.3 is 0 Å². The van der Waals surface area contributed by atoms with Gasteiger partial charge in [0.05, 0.1) is 6.07 Å². The van der Waals surface area contributed by atoms with Crippen molar-refractivity contribution >= 4 is 0 Å². The molecule has 0 radical (unpaired) electrons. The van der Waals surface area contributed by atoms with E-state index in [2.05, 4.69) is 37.1 Å². The number of nitrogens with zero attached hydrogens (tertiary/aromatic N) is 2. The minimum Gasteiger partial charge on any atom is -0.299 e. The van der Waals surface area contributed by atoms with Gasteiger partial charge in [-0.3, -0.25) is 10.2 Å². The van der Waals surface area contributed by atoms with E-state index in [1.165, 1.54) is 12.8 Å². The summed E-state index contributed by atoms with van der Waals surface area (Å²) in [5, 5.41) is 12.7. The van der Waals surface area contributed by atoms with Gasteiger partial charge in [0.15, 0.2) is 0 Å². The second kappa shape index (κ2) is 6.37. The molecule has 3 nitrogen and oxygen atoms in total. The van der Waals surface area contributed by atoms with E-state index in [0.717, 1.165) is 32.0 Å².